The summed E-state index contributed by atoms with van der Waals surface area (Å²) in [7, 11) is 0. The van der Waals surface area contributed by atoms with E-state index in [1.165, 1.54) is 12.8 Å². The quantitative estimate of drug-likeness (QED) is 0.696. The highest BCUT2D eigenvalue weighted by Gasteiger charge is 2.39. The summed E-state index contributed by atoms with van der Waals surface area (Å²) in [5, 5.41) is 0. The van der Waals surface area contributed by atoms with Crippen molar-refractivity contribution in [1.29, 1.82) is 0 Å². The van der Waals surface area contributed by atoms with Gasteiger partial charge in [0.1, 0.15) is 0 Å². The molecule has 1 saturated carbocycles. The van der Waals surface area contributed by atoms with Crippen molar-refractivity contribution in [3.8, 4) is 0 Å². The standard InChI is InChI=1S/C16H24N2O2/c1-3-9-17(10-4-2)16(20)13-11-15(19)18(12-13)14-7-5-6-8-14/h3-4,13-14H,1-2,5-12H2/t13-/m1/s1. The van der Waals surface area contributed by atoms with Gasteiger partial charge in [-0.25, -0.2) is 0 Å². The van der Waals surface area contributed by atoms with E-state index in [-0.39, 0.29) is 17.7 Å². The Morgan fingerprint density at radius 3 is 2.40 bits per heavy atom. The maximum Gasteiger partial charge on any atom is 0.228 e. The molecule has 4 heteroatoms. The first-order valence-electron chi connectivity index (χ1n) is 7.47. The number of carbonyl (C=O) groups is 2. The molecule has 1 heterocycles. The van der Waals surface area contributed by atoms with Crippen molar-refractivity contribution < 1.29 is 9.59 Å². The highest BCUT2D eigenvalue weighted by molar-refractivity contribution is 5.89. The van der Waals surface area contributed by atoms with Gasteiger partial charge in [0, 0.05) is 32.1 Å². The van der Waals surface area contributed by atoms with E-state index in [1.54, 1.807) is 17.1 Å². The molecule has 1 aliphatic carbocycles. The molecule has 0 spiro atoms. The average Bonchev–Trinajstić information content (AvgIpc) is 3.06. The van der Waals surface area contributed by atoms with Crippen molar-refractivity contribution in [3.05, 3.63) is 25.3 Å². The van der Waals surface area contributed by atoms with E-state index in [0.29, 0.717) is 32.1 Å². The summed E-state index contributed by atoms with van der Waals surface area (Å²) in [6.45, 7) is 8.97. The monoisotopic (exact) mass is 276 g/mol. The lowest BCUT2D eigenvalue weighted by Gasteiger charge is -2.25. The van der Waals surface area contributed by atoms with E-state index in [9.17, 15) is 9.59 Å². The maximum atomic E-state index is 12.5. The van der Waals surface area contributed by atoms with Crippen molar-refractivity contribution in [2.24, 2.45) is 5.92 Å². The van der Waals surface area contributed by atoms with E-state index < -0.39 is 0 Å². The fourth-order valence-electron chi connectivity index (χ4n) is 3.29. The summed E-state index contributed by atoms with van der Waals surface area (Å²) in [5.74, 6) is 0.00838. The highest BCUT2D eigenvalue weighted by Crippen LogP contribution is 2.30. The zero-order valence-corrected chi connectivity index (χ0v) is 12.1. The molecule has 0 aromatic rings. The second kappa shape index (κ2) is 6.73. The fraction of sp³-hybridized carbons (Fsp3) is 0.625. The molecular weight excluding hydrogens is 252 g/mol. The van der Waals surface area contributed by atoms with Crippen LogP contribution in [0.4, 0.5) is 0 Å². The van der Waals surface area contributed by atoms with Crippen LogP contribution in [0.1, 0.15) is 32.1 Å². The summed E-state index contributed by atoms with van der Waals surface area (Å²) in [4.78, 5) is 28.3. The summed E-state index contributed by atoms with van der Waals surface area (Å²) in [5.41, 5.74) is 0. The van der Waals surface area contributed by atoms with Crippen LogP contribution in [0.5, 0.6) is 0 Å². The second-order valence-corrected chi connectivity index (χ2v) is 5.71. The van der Waals surface area contributed by atoms with Gasteiger partial charge in [0.15, 0.2) is 0 Å². The normalized spacial score (nSPS) is 23.1. The molecule has 2 rings (SSSR count). The smallest absolute Gasteiger partial charge is 0.228 e. The molecule has 4 nitrogen and oxygen atoms in total. The second-order valence-electron chi connectivity index (χ2n) is 5.71. The predicted molar refractivity (Wildman–Crippen MR) is 79.1 cm³/mol. The van der Waals surface area contributed by atoms with Crippen LogP contribution in [0.3, 0.4) is 0 Å². The lowest BCUT2D eigenvalue weighted by atomic mass is 10.1. The van der Waals surface area contributed by atoms with E-state index >= 15 is 0 Å². The van der Waals surface area contributed by atoms with E-state index in [1.807, 2.05) is 4.90 Å². The lowest BCUT2D eigenvalue weighted by molar-refractivity contribution is -0.134. The van der Waals surface area contributed by atoms with Crippen LogP contribution in [-0.4, -0.2) is 47.3 Å². The Morgan fingerprint density at radius 2 is 1.85 bits per heavy atom. The third-order valence-corrected chi connectivity index (χ3v) is 4.28. The summed E-state index contributed by atoms with van der Waals surface area (Å²) in [6, 6.07) is 0.368. The molecule has 0 aromatic heterocycles. The van der Waals surface area contributed by atoms with Crippen molar-refractivity contribution in [2.75, 3.05) is 19.6 Å². The average molecular weight is 276 g/mol. The highest BCUT2D eigenvalue weighted by atomic mass is 16.2. The minimum Gasteiger partial charge on any atom is -0.339 e. The Morgan fingerprint density at radius 1 is 1.25 bits per heavy atom. The number of rotatable bonds is 6. The molecule has 1 atom stereocenters. The van der Waals surface area contributed by atoms with Crippen molar-refractivity contribution in [2.45, 2.75) is 38.1 Å². The minimum atomic E-state index is -0.192. The first-order valence-corrected chi connectivity index (χ1v) is 7.47. The Hall–Kier alpha value is -1.58. The zero-order chi connectivity index (χ0) is 14.5. The number of likely N-dealkylation sites (tertiary alicyclic amines) is 1. The van der Waals surface area contributed by atoms with Crippen molar-refractivity contribution >= 4 is 11.8 Å². The summed E-state index contributed by atoms with van der Waals surface area (Å²) < 4.78 is 0. The first-order chi connectivity index (χ1) is 9.67. The Bertz CT molecular complexity index is 389. The van der Waals surface area contributed by atoms with Gasteiger partial charge < -0.3 is 9.80 Å². The van der Waals surface area contributed by atoms with Gasteiger partial charge in [0.25, 0.3) is 0 Å². The van der Waals surface area contributed by atoms with Gasteiger partial charge in [0.05, 0.1) is 5.92 Å². The molecule has 1 saturated heterocycles. The molecule has 0 unspecified atom stereocenters. The van der Waals surface area contributed by atoms with Gasteiger partial charge in [-0.1, -0.05) is 25.0 Å². The Balaban J connectivity index is 1.98. The van der Waals surface area contributed by atoms with E-state index in [0.717, 1.165) is 12.8 Å². The molecule has 2 amide bonds. The molecule has 0 aromatic carbocycles. The molecular formula is C16H24N2O2. The molecule has 1 aliphatic heterocycles. The Labute approximate surface area is 121 Å². The number of amides is 2. The molecule has 0 radical (unpaired) electrons. The van der Waals surface area contributed by atoms with Crippen molar-refractivity contribution in [1.82, 2.24) is 9.80 Å². The van der Waals surface area contributed by atoms with Crippen LogP contribution >= 0.6 is 0 Å². The molecule has 2 aliphatic rings. The van der Waals surface area contributed by atoms with Crippen LogP contribution in [0.25, 0.3) is 0 Å². The van der Waals surface area contributed by atoms with Crippen LogP contribution in [0.2, 0.25) is 0 Å². The van der Waals surface area contributed by atoms with Crippen LogP contribution in [-0.2, 0) is 9.59 Å². The topological polar surface area (TPSA) is 40.6 Å². The van der Waals surface area contributed by atoms with E-state index in [2.05, 4.69) is 13.2 Å². The largest absolute Gasteiger partial charge is 0.339 e. The zero-order valence-electron chi connectivity index (χ0n) is 12.1. The fourth-order valence-corrected chi connectivity index (χ4v) is 3.29. The Kier molecular flexibility index (Phi) is 4.99. The lowest BCUT2D eigenvalue weighted by Crippen LogP contribution is -2.39. The first kappa shape index (κ1) is 14.8. The van der Waals surface area contributed by atoms with Gasteiger partial charge >= 0.3 is 0 Å². The van der Waals surface area contributed by atoms with Gasteiger partial charge in [-0.3, -0.25) is 9.59 Å². The van der Waals surface area contributed by atoms with Gasteiger partial charge in [-0.05, 0) is 12.8 Å². The summed E-state index contributed by atoms with van der Waals surface area (Å²) >= 11 is 0. The van der Waals surface area contributed by atoms with Crippen LogP contribution < -0.4 is 0 Å². The molecule has 2 fully saturated rings. The molecule has 110 valence electrons. The molecule has 0 bridgehead atoms. The van der Waals surface area contributed by atoms with Gasteiger partial charge in [0.2, 0.25) is 11.8 Å². The third-order valence-electron chi connectivity index (χ3n) is 4.28. The van der Waals surface area contributed by atoms with Gasteiger partial charge in [-0.2, -0.15) is 0 Å². The van der Waals surface area contributed by atoms with E-state index in [4.69, 9.17) is 0 Å². The van der Waals surface area contributed by atoms with Crippen LogP contribution in [0.15, 0.2) is 25.3 Å². The number of hydrogen-bond donors (Lipinski definition) is 0. The molecule has 0 N–H and O–H groups in total. The summed E-state index contributed by atoms with van der Waals surface area (Å²) in [6.07, 6.45) is 8.38. The predicted octanol–water partition coefficient (Wildman–Crippen LogP) is 1.98. The van der Waals surface area contributed by atoms with Gasteiger partial charge in [-0.15, -0.1) is 13.2 Å². The van der Waals surface area contributed by atoms with Crippen LogP contribution in [0, 0.1) is 5.92 Å². The SMILES string of the molecule is C=CCN(CC=C)C(=O)[C@@H]1CC(=O)N(C2CCCC2)C1. The van der Waals surface area contributed by atoms with Crippen molar-refractivity contribution in [3.63, 3.8) is 0 Å². The molecule has 20 heavy (non-hydrogen) atoms. The number of carbonyl (C=O) groups excluding carboxylic acids is 2. The maximum absolute atomic E-state index is 12.5. The minimum absolute atomic E-state index is 0.0543. The third kappa shape index (κ3) is 3.11. The number of nitrogens with zero attached hydrogens (tertiary/aromatic N) is 2. The number of hydrogen-bond acceptors (Lipinski definition) is 2.